The van der Waals surface area contributed by atoms with Crippen molar-refractivity contribution >= 4 is 22.4 Å². The van der Waals surface area contributed by atoms with Gasteiger partial charge in [0.1, 0.15) is 0 Å². The first-order chi connectivity index (χ1) is 10.9. The second-order valence-electron chi connectivity index (χ2n) is 6.90. The first kappa shape index (κ1) is 21.4. The van der Waals surface area contributed by atoms with Crippen LogP contribution in [0, 0.1) is 11.8 Å². The van der Waals surface area contributed by atoms with Gasteiger partial charge in [-0.1, -0.05) is 32.9 Å². The van der Waals surface area contributed by atoms with Gasteiger partial charge in [-0.3, -0.25) is 0 Å². The summed E-state index contributed by atoms with van der Waals surface area (Å²) in [7, 11) is -3.34. The highest BCUT2D eigenvalue weighted by molar-refractivity contribution is 7.89. The number of hydrogen-bond acceptors (Lipinski definition) is 3. The Labute approximate surface area is 153 Å². The Hall–Kier alpha value is -0.620. The van der Waals surface area contributed by atoms with Crippen molar-refractivity contribution in [2.75, 3.05) is 26.2 Å². The summed E-state index contributed by atoms with van der Waals surface area (Å²) < 4.78 is 27.1. The fourth-order valence-corrected chi connectivity index (χ4v) is 4.59. The van der Waals surface area contributed by atoms with Gasteiger partial charge in [-0.25, -0.2) is 8.42 Å². The van der Waals surface area contributed by atoms with Crippen LogP contribution in [0.25, 0.3) is 0 Å². The molecule has 0 aromatic heterocycles. The van der Waals surface area contributed by atoms with Crippen molar-refractivity contribution in [3.63, 3.8) is 0 Å². The van der Waals surface area contributed by atoms with Crippen LogP contribution in [0.4, 0.5) is 0 Å². The molecule has 138 valence electrons. The molecule has 0 saturated carbocycles. The minimum absolute atomic E-state index is 0. The zero-order valence-corrected chi connectivity index (χ0v) is 16.6. The topological polar surface area (TPSA) is 49.4 Å². The summed E-state index contributed by atoms with van der Waals surface area (Å²) in [6.07, 6.45) is 2.87. The van der Waals surface area contributed by atoms with Gasteiger partial charge in [0.15, 0.2) is 0 Å². The normalized spacial score (nSPS) is 17.0. The van der Waals surface area contributed by atoms with Crippen LogP contribution in [-0.2, 0) is 16.4 Å². The van der Waals surface area contributed by atoms with E-state index < -0.39 is 10.0 Å². The molecule has 0 radical (unpaired) electrons. The lowest BCUT2D eigenvalue weighted by atomic mass is 9.98. The van der Waals surface area contributed by atoms with Gasteiger partial charge in [0.25, 0.3) is 0 Å². The monoisotopic (exact) mass is 374 g/mol. The van der Waals surface area contributed by atoms with Crippen LogP contribution in [0.15, 0.2) is 29.2 Å². The average Bonchev–Trinajstić information content (AvgIpc) is 2.53. The second kappa shape index (κ2) is 9.76. The summed E-state index contributed by atoms with van der Waals surface area (Å²) in [5.74, 6) is 1.17. The van der Waals surface area contributed by atoms with Gasteiger partial charge < -0.3 is 5.32 Å². The van der Waals surface area contributed by atoms with Gasteiger partial charge in [-0.05, 0) is 61.9 Å². The van der Waals surface area contributed by atoms with Crippen LogP contribution >= 0.6 is 12.4 Å². The molecule has 0 amide bonds. The van der Waals surface area contributed by atoms with E-state index in [0.717, 1.165) is 32.4 Å². The van der Waals surface area contributed by atoms with E-state index in [9.17, 15) is 8.42 Å². The van der Waals surface area contributed by atoms with Crippen molar-refractivity contribution in [2.45, 2.75) is 44.9 Å². The van der Waals surface area contributed by atoms with Gasteiger partial charge >= 0.3 is 0 Å². The van der Waals surface area contributed by atoms with E-state index in [1.54, 1.807) is 16.4 Å². The van der Waals surface area contributed by atoms with E-state index in [4.69, 9.17) is 0 Å². The Morgan fingerprint density at radius 1 is 1.17 bits per heavy atom. The maximum Gasteiger partial charge on any atom is 0.243 e. The van der Waals surface area contributed by atoms with Crippen molar-refractivity contribution in [1.82, 2.24) is 9.62 Å². The van der Waals surface area contributed by atoms with E-state index >= 15 is 0 Å². The second-order valence-corrected chi connectivity index (χ2v) is 8.83. The van der Waals surface area contributed by atoms with E-state index in [0.29, 0.717) is 29.8 Å². The van der Waals surface area contributed by atoms with Gasteiger partial charge in [0.2, 0.25) is 10.0 Å². The predicted molar refractivity (Wildman–Crippen MR) is 102 cm³/mol. The first-order valence-corrected chi connectivity index (χ1v) is 10.2. The molecular weight excluding hydrogens is 344 g/mol. The SMILES string of the molecule is CCNCC1CCN(S(=O)(=O)c2ccc(CC(C)C)cc2)CC1.Cl. The van der Waals surface area contributed by atoms with E-state index in [2.05, 4.69) is 26.1 Å². The highest BCUT2D eigenvalue weighted by Crippen LogP contribution is 2.24. The molecule has 0 atom stereocenters. The van der Waals surface area contributed by atoms with Crippen molar-refractivity contribution < 1.29 is 8.42 Å². The fraction of sp³-hybridized carbons (Fsp3) is 0.667. The highest BCUT2D eigenvalue weighted by Gasteiger charge is 2.29. The molecule has 0 spiro atoms. The number of nitrogens with zero attached hydrogens (tertiary/aromatic N) is 1. The lowest BCUT2D eigenvalue weighted by Crippen LogP contribution is -2.40. The smallest absolute Gasteiger partial charge is 0.243 e. The number of halogens is 1. The third kappa shape index (κ3) is 5.73. The summed E-state index contributed by atoms with van der Waals surface area (Å²) in [5, 5.41) is 3.36. The first-order valence-electron chi connectivity index (χ1n) is 8.73. The Bertz CT molecular complexity index is 580. The van der Waals surface area contributed by atoms with Gasteiger partial charge in [0.05, 0.1) is 4.90 Å². The lowest BCUT2D eigenvalue weighted by molar-refractivity contribution is 0.268. The molecule has 6 heteroatoms. The summed E-state index contributed by atoms with van der Waals surface area (Å²) in [6.45, 7) is 9.67. The minimum Gasteiger partial charge on any atom is -0.317 e. The summed E-state index contributed by atoms with van der Waals surface area (Å²) in [6, 6.07) is 7.42. The maximum absolute atomic E-state index is 12.8. The largest absolute Gasteiger partial charge is 0.317 e. The summed E-state index contributed by atoms with van der Waals surface area (Å²) >= 11 is 0. The zero-order valence-electron chi connectivity index (χ0n) is 15.0. The highest BCUT2D eigenvalue weighted by atomic mass is 35.5. The molecule has 1 fully saturated rings. The van der Waals surface area contributed by atoms with Crippen molar-refractivity contribution in [3.05, 3.63) is 29.8 Å². The Balaban J connectivity index is 0.00000288. The van der Waals surface area contributed by atoms with Crippen LogP contribution in [0.5, 0.6) is 0 Å². The van der Waals surface area contributed by atoms with Crippen LogP contribution in [-0.4, -0.2) is 38.9 Å². The number of nitrogens with one attached hydrogen (secondary N) is 1. The quantitative estimate of drug-likeness (QED) is 0.796. The van der Waals surface area contributed by atoms with Crippen LogP contribution in [0.3, 0.4) is 0 Å². The molecular formula is C18H31ClN2O2S. The number of benzene rings is 1. The van der Waals surface area contributed by atoms with Gasteiger partial charge in [-0.2, -0.15) is 4.31 Å². The number of rotatable bonds is 7. The van der Waals surface area contributed by atoms with Crippen molar-refractivity contribution in [1.29, 1.82) is 0 Å². The average molecular weight is 375 g/mol. The molecule has 1 aromatic carbocycles. The molecule has 1 aliphatic rings. The van der Waals surface area contributed by atoms with E-state index in [1.807, 2.05) is 12.1 Å². The molecule has 0 unspecified atom stereocenters. The van der Waals surface area contributed by atoms with Gasteiger partial charge in [0, 0.05) is 13.1 Å². The lowest BCUT2D eigenvalue weighted by Gasteiger charge is -2.31. The third-order valence-electron chi connectivity index (χ3n) is 4.46. The molecule has 1 aromatic rings. The molecule has 0 bridgehead atoms. The predicted octanol–water partition coefficient (Wildman–Crippen LogP) is 3.32. The van der Waals surface area contributed by atoms with Gasteiger partial charge in [-0.15, -0.1) is 12.4 Å². The molecule has 2 rings (SSSR count). The third-order valence-corrected chi connectivity index (χ3v) is 6.37. The van der Waals surface area contributed by atoms with Crippen molar-refractivity contribution in [2.24, 2.45) is 11.8 Å². The van der Waals surface area contributed by atoms with Crippen LogP contribution in [0.2, 0.25) is 0 Å². The molecule has 24 heavy (non-hydrogen) atoms. The Kier molecular flexibility index (Phi) is 8.71. The summed E-state index contributed by atoms with van der Waals surface area (Å²) in [4.78, 5) is 0.426. The molecule has 1 heterocycles. The maximum atomic E-state index is 12.8. The van der Waals surface area contributed by atoms with Crippen molar-refractivity contribution in [3.8, 4) is 0 Å². The molecule has 1 aliphatic heterocycles. The molecule has 1 saturated heterocycles. The molecule has 4 nitrogen and oxygen atoms in total. The number of sulfonamides is 1. The molecule has 0 aliphatic carbocycles. The molecule has 1 N–H and O–H groups in total. The standard InChI is InChI=1S/C18H30N2O2S.ClH/c1-4-19-14-17-9-11-20(12-10-17)23(21,22)18-7-5-16(6-8-18)13-15(2)3;/h5-8,15,17,19H,4,9-14H2,1-3H3;1H. The number of hydrogen-bond donors (Lipinski definition) is 1. The van der Waals surface area contributed by atoms with E-state index in [-0.39, 0.29) is 12.4 Å². The Morgan fingerprint density at radius 2 is 1.75 bits per heavy atom. The van der Waals surface area contributed by atoms with Crippen LogP contribution in [0.1, 0.15) is 39.2 Å². The Morgan fingerprint density at radius 3 is 2.25 bits per heavy atom. The fourth-order valence-electron chi connectivity index (χ4n) is 3.12. The zero-order chi connectivity index (χ0) is 16.9. The van der Waals surface area contributed by atoms with Crippen LogP contribution < -0.4 is 5.32 Å². The number of piperidine rings is 1. The minimum atomic E-state index is -3.34. The van der Waals surface area contributed by atoms with E-state index in [1.165, 1.54) is 5.56 Å². The summed E-state index contributed by atoms with van der Waals surface area (Å²) in [5.41, 5.74) is 1.20.